The summed E-state index contributed by atoms with van der Waals surface area (Å²) in [5.74, 6) is 0.375. The van der Waals surface area contributed by atoms with E-state index in [0.29, 0.717) is 12.8 Å². The molecule has 2 fully saturated rings. The molecule has 2 saturated heterocycles. The van der Waals surface area contributed by atoms with Crippen molar-refractivity contribution in [3.8, 4) is 0 Å². The minimum atomic E-state index is -3.02. The summed E-state index contributed by atoms with van der Waals surface area (Å²) >= 11 is 10.2. The maximum absolute atomic E-state index is 11.6. The van der Waals surface area contributed by atoms with Gasteiger partial charge in [-0.05, 0) is 63.3 Å². The zero-order chi connectivity index (χ0) is 21.1. The van der Waals surface area contributed by atoms with Crippen molar-refractivity contribution < 1.29 is 26.3 Å². The molecule has 2 rings (SSSR count). The van der Waals surface area contributed by atoms with Crippen LogP contribution in [0.2, 0.25) is 0 Å². The normalized spacial score (nSPS) is 30.8. The lowest BCUT2D eigenvalue weighted by atomic mass is 10.0. The summed E-state index contributed by atoms with van der Waals surface area (Å²) in [6.07, 6.45) is 4.39. The number of hydrogen-bond acceptors (Lipinski definition) is 8. The molecule has 0 radical (unpaired) electrons. The number of ether oxygens (including phenoxy) is 2. The second kappa shape index (κ2) is 8.80. The van der Waals surface area contributed by atoms with Gasteiger partial charge in [-0.25, -0.2) is 16.8 Å². The fourth-order valence-corrected chi connectivity index (χ4v) is 7.98. The molecule has 0 aromatic carbocycles. The Morgan fingerprint density at radius 3 is 1.50 bits per heavy atom. The van der Waals surface area contributed by atoms with Gasteiger partial charge in [0.15, 0.2) is 19.7 Å². The molecule has 2 heterocycles. The van der Waals surface area contributed by atoms with Gasteiger partial charge in [0.25, 0.3) is 10.3 Å². The average Bonchev–Trinajstić information content (AvgIpc) is 2.96. The molecule has 0 saturated carbocycles. The Hall–Kier alpha value is -0.980. The number of nitrogens with one attached hydrogen (secondary N) is 2. The number of rotatable bonds is 6. The molecule has 0 aromatic rings. The first-order valence-electron chi connectivity index (χ1n) is 8.78. The van der Waals surface area contributed by atoms with E-state index < -0.39 is 30.8 Å². The summed E-state index contributed by atoms with van der Waals surface area (Å²) in [7, 11) is -6.04. The number of thiocarbonyl (C=S) groups is 2. The maximum atomic E-state index is 11.6. The summed E-state index contributed by atoms with van der Waals surface area (Å²) in [5, 5.41) is 6.21. The second-order valence-corrected chi connectivity index (χ2v) is 12.8. The van der Waals surface area contributed by atoms with Gasteiger partial charge >= 0.3 is 0 Å². The van der Waals surface area contributed by atoms with E-state index >= 15 is 0 Å². The predicted molar refractivity (Wildman–Crippen MR) is 116 cm³/mol. The van der Waals surface area contributed by atoms with Gasteiger partial charge in [0.1, 0.15) is 13.2 Å². The monoisotopic (exact) mass is 470 g/mol. The molecule has 160 valence electrons. The highest BCUT2D eigenvalue weighted by atomic mass is 32.2. The van der Waals surface area contributed by atoms with E-state index in [4.69, 9.17) is 33.9 Å². The fraction of sp³-hybridized carbons (Fsp3) is 0.750. The largest absolute Gasteiger partial charge is 0.467 e. The van der Waals surface area contributed by atoms with Crippen LogP contribution in [0.5, 0.6) is 0 Å². The van der Waals surface area contributed by atoms with E-state index in [1.807, 2.05) is 0 Å². The van der Waals surface area contributed by atoms with E-state index in [1.54, 1.807) is 26.0 Å². The first kappa shape index (κ1) is 23.3. The highest BCUT2D eigenvalue weighted by molar-refractivity contribution is 7.92. The van der Waals surface area contributed by atoms with E-state index in [9.17, 15) is 16.8 Å². The van der Waals surface area contributed by atoms with Crippen LogP contribution in [0.4, 0.5) is 0 Å². The van der Waals surface area contributed by atoms with Crippen molar-refractivity contribution in [3.05, 3.63) is 12.2 Å². The first-order chi connectivity index (χ1) is 12.8. The summed E-state index contributed by atoms with van der Waals surface area (Å²) in [6.45, 7) is 4.02. The molecule has 2 aliphatic heterocycles. The molecule has 8 nitrogen and oxygen atoms in total. The van der Waals surface area contributed by atoms with E-state index in [-0.39, 0.29) is 46.6 Å². The lowest BCUT2D eigenvalue weighted by Crippen LogP contribution is -2.47. The molecular formula is C16H26N2O6S4. The molecule has 0 aromatic heterocycles. The molecule has 0 amide bonds. The van der Waals surface area contributed by atoms with Crippen LogP contribution in [0, 0.1) is 0 Å². The second-order valence-electron chi connectivity index (χ2n) is 7.72. The smallest absolute Gasteiger partial charge is 0.257 e. The summed E-state index contributed by atoms with van der Waals surface area (Å²) < 4.78 is 57.0. The van der Waals surface area contributed by atoms with Gasteiger partial charge in [0.05, 0.1) is 34.1 Å². The molecule has 0 spiro atoms. The lowest BCUT2D eigenvalue weighted by molar-refractivity contribution is 0.308. The van der Waals surface area contributed by atoms with Crippen molar-refractivity contribution in [2.75, 3.05) is 36.2 Å². The maximum Gasteiger partial charge on any atom is 0.257 e. The fourth-order valence-electron chi connectivity index (χ4n) is 3.17. The first-order valence-corrected chi connectivity index (χ1v) is 13.2. The Morgan fingerprint density at radius 1 is 0.857 bits per heavy atom. The molecule has 0 bridgehead atoms. The molecule has 2 N–H and O–H groups in total. The highest BCUT2D eigenvalue weighted by Crippen LogP contribution is 2.23. The van der Waals surface area contributed by atoms with E-state index in [0.717, 1.165) is 0 Å². The highest BCUT2D eigenvalue weighted by Gasteiger charge is 2.39. The Bertz CT molecular complexity index is 784. The molecule has 28 heavy (non-hydrogen) atoms. The third-order valence-electron chi connectivity index (χ3n) is 4.60. The molecule has 2 unspecified atom stereocenters. The van der Waals surface area contributed by atoms with Crippen LogP contribution >= 0.6 is 24.4 Å². The van der Waals surface area contributed by atoms with E-state index in [2.05, 4.69) is 10.6 Å². The van der Waals surface area contributed by atoms with Gasteiger partial charge in [-0.1, -0.05) is 0 Å². The third-order valence-corrected chi connectivity index (χ3v) is 8.85. The van der Waals surface area contributed by atoms with E-state index in [1.165, 1.54) is 0 Å². The minimum Gasteiger partial charge on any atom is -0.467 e. The van der Waals surface area contributed by atoms with Crippen LogP contribution in [0.25, 0.3) is 0 Å². The molecule has 0 aliphatic carbocycles. The predicted octanol–water partition coefficient (Wildman–Crippen LogP) is 0.479. The summed E-state index contributed by atoms with van der Waals surface area (Å²) in [6, 6.07) is 0. The summed E-state index contributed by atoms with van der Waals surface area (Å²) in [4.78, 5) is 0. The number of sulfone groups is 2. The van der Waals surface area contributed by atoms with Crippen LogP contribution in [0.1, 0.15) is 26.7 Å². The van der Waals surface area contributed by atoms with Crippen molar-refractivity contribution in [1.82, 2.24) is 10.6 Å². The average molecular weight is 471 g/mol. The van der Waals surface area contributed by atoms with Crippen molar-refractivity contribution in [2.24, 2.45) is 0 Å². The quantitative estimate of drug-likeness (QED) is 0.420. The van der Waals surface area contributed by atoms with Gasteiger partial charge in [-0.3, -0.25) is 0 Å². The van der Waals surface area contributed by atoms with Gasteiger partial charge in [-0.2, -0.15) is 0 Å². The molecular weight excluding hydrogens is 444 g/mol. The molecule has 2 atom stereocenters. The zero-order valence-electron chi connectivity index (χ0n) is 15.9. The summed E-state index contributed by atoms with van der Waals surface area (Å²) in [5.41, 5.74) is -1.19. The third kappa shape index (κ3) is 7.45. The van der Waals surface area contributed by atoms with Crippen LogP contribution in [-0.2, 0) is 29.1 Å². The molecule has 12 heteroatoms. The molecule has 2 aliphatic rings. The number of hydrogen-bond donors (Lipinski definition) is 2. The Balaban J connectivity index is 1.62. The van der Waals surface area contributed by atoms with Crippen LogP contribution in [0.3, 0.4) is 0 Å². The van der Waals surface area contributed by atoms with Crippen LogP contribution in [-0.4, -0.2) is 74.5 Å². The topological polar surface area (TPSA) is 111 Å². The van der Waals surface area contributed by atoms with Gasteiger partial charge in [0.2, 0.25) is 0 Å². The SMILES string of the molecule is CC1(NC(=S)OC/C=C/COC(=S)NC2(C)CCS(=O)(=O)C2)CCS(=O)(=O)C1. The van der Waals surface area contributed by atoms with Crippen molar-refractivity contribution in [2.45, 2.75) is 37.8 Å². The Kier molecular flexibility index (Phi) is 7.32. The van der Waals surface area contributed by atoms with Crippen LogP contribution < -0.4 is 10.6 Å². The Morgan fingerprint density at radius 2 is 1.21 bits per heavy atom. The van der Waals surface area contributed by atoms with Gasteiger partial charge in [-0.15, -0.1) is 0 Å². The van der Waals surface area contributed by atoms with Gasteiger partial charge < -0.3 is 20.1 Å². The van der Waals surface area contributed by atoms with Gasteiger partial charge in [0, 0.05) is 0 Å². The standard InChI is InChI=1S/C16H26N2O6S4/c1-15(5-9-27(19,20)11-15)17-13(25)23-7-3-4-8-24-14(26)18-16(2)6-10-28(21,22)12-16/h3-4H,5-12H2,1-2H3,(H,17,25)(H,18,26)/b4-3+. The van der Waals surface area contributed by atoms with Crippen molar-refractivity contribution in [3.63, 3.8) is 0 Å². The van der Waals surface area contributed by atoms with Crippen molar-refractivity contribution >= 4 is 54.5 Å². The zero-order valence-corrected chi connectivity index (χ0v) is 19.2. The van der Waals surface area contributed by atoms with Crippen LogP contribution in [0.15, 0.2) is 12.2 Å². The minimum absolute atomic E-state index is 0.0395. The van der Waals surface area contributed by atoms with Crippen molar-refractivity contribution in [1.29, 1.82) is 0 Å². The Labute approximate surface area is 177 Å². The lowest BCUT2D eigenvalue weighted by Gasteiger charge is -2.25.